The lowest BCUT2D eigenvalue weighted by molar-refractivity contribution is 0.0171. The molecular weight excluding hydrogens is 290 g/mol. The molecule has 1 aliphatic heterocycles. The van der Waals surface area contributed by atoms with E-state index in [2.05, 4.69) is 28.9 Å². The maximum Gasteiger partial charge on any atom is 0.126 e. The van der Waals surface area contributed by atoms with Crippen molar-refractivity contribution in [3.05, 3.63) is 28.2 Å². The first-order valence-corrected chi connectivity index (χ1v) is 7.59. The largest absolute Gasteiger partial charge is 0.487 e. The normalized spacial score (nSPS) is 31.4. The van der Waals surface area contributed by atoms with Gasteiger partial charge in [-0.3, -0.25) is 0 Å². The van der Waals surface area contributed by atoms with E-state index in [0.29, 0.717) is 0 Å². The summed E-state index contributed by atoms with van der Waals surface area (Å²) in [5.41, 5.74) is 7.37. The molecule has 3 rings (SSSR count). The van der Waals surface area contributed by atoms with Crippen LogP contribution in [0, 0.1) is 5.92 Å². The first-order valence-electron chi connectivity index (χ1n) is 6.80. The lowest BCUT2D eigenvalue weighted by Gasteiger charge is -2.42. The summed E-state index contributed by atoms with van der Waals surface area (Å²) in [6.07, 6.45) is 6.18. The van der Waals surface area contributed by atoms with Gasteiger partial charge in [-0.15, -0.1) is 0 Å². The summed E-state index contributed by atoms with van der Waals surface area (Å²) in [5.74, 6) is 1.81. The number of nitrogens with two attached hydrogens (primary N) is 1. The maximum absolute atomic E-state index is 6.31. The molecule has 1 saturated carbocycles. The Hall–Kier alpha value is -0.540. The highest BCUT2D eigenvalue weighted by Gasteiger charge is 2.38. The molecule has 2 atom stereocenters. The fraction of sp³-hybridized carbons (Fsp3) is 0.600. The van der Waals surface area contributed by atoms with Crippen molar-refractivity contribution in [3.63, 3.8) is 0 Å². The molecule has 0 saturated heterocycles. The molecule has 18 heavy (non-hydrogen) atoms. The molecule has 2 nitrogen and oxygen atoms in total. The van der Waals surface area contributed by atoms with Crippen LogP contribution in [-0.2, 0) is 0 Å². The fourth-order valence-electron chi connectivity index (χ4n) is 3.22. The van der Waals surface area contributed by atoms with Crippen molar-refractivity contribution in [2.75, 3.05) is 0 Å². The first kappa shape index (κ1) is 12.5. The van der Waals surface area contributed by atoms with Crippen molar-refractivity contribution >= 4 is 15.9 Å². The molecule has 1 aliphatic carbocycles. The second-order valence-corrected chi connectivity index (χ2v) is 6.96. The van der Waals surface area contributed by atoms with Gasteiger partial charge >= 0.3 is 0 Å². The van der Waals surface area contributed by atoms with E-state index < -0.39 is 0 Å². The molecule has 3 heteroatoms. The number of benzene rings is 1. The molecule has 2 N–H and O–H groups in total. The summed E-state index contributed by atoms with van der Waals surface area (Å²) in [7, 11) is 0. The van der Waals surface area contributed by atoms with Gasteiger partial charge in [-0.1, -0.05) is 41.3 Å². The van der Waals surface area contributed by atoms with Gasteiger partial charge in [0.25, 0.3) is 0 Å². The van der Waals surface area contributed by atoms with E-state index in [-0.39, 0.29) is 11.6 Å². The number of halogens is 1. The number of rotatable bonds is 2. The van der Waals surface area contributed by atoms with Crippen LogP contribution >= 0.6 is 15.9 Å². The van der Waals surface area contributed by atoms with Gasteiger partial charge in [0.05, 0.1) is 0 Å². The number of ether oxygens (including phenoxy) is 1. The molecule has 2 aliphatic rings. The Morgan fingerprint density at radius 3 is 2.89 bits per heavy atom. The molecule has 0 amide bonds. The van der Waals surface area contributed by atoms with E-state index in [1.54, 1.807) is 0 Å². The monoisotopic (exact) mass is 309 g/mol. The number of hydrogen-bond acceptors (Lipinski definition) is 2. The van der Waals surface area contributed by atoms with Crippen LogP contribution in [0.1, 0.15) is 50.6 Å². The second kappa shape index (κ2) is 4.53. The van der Waals surface area contributed by atoms with Crippen LogP contribution in [0.3, 0.4) is 0 Å². The average Bonchev–Trinajstić information content (AvgIpc) is 2.23. The molecular formula is C15H20BrNO. The summed E-state index contributed by atoms with van der Waals surface area (Å²) in [6.45, 7) is 2.22. The molecule has 1 aromatic rings. The molecule has 0 aromatic heterocycles. The minimum Gasteiger partial charge on any atom is -0.487 e. The van der Waals surface area contributed by atoms with Crippen LogP contribution in [0.2, 0.25) is 0 Å². The Kier molecular flexibility index (Phi) is 3.15. The highest BCUT2D eigenvalue weighted by molar-refractivity contribution is 9.10. The lowest BCUT2D eigenvalue weighted by Crippen LogP contribution is -2.42. The van der Waals surface area contributed by atoms with E-state index in [4.69, 9.17) is 10.5 Å². The van der Waals surface area contributed by atoms with Crippen LogP contribution in [0.25, 0.3) is 0 Å². The van der Waals surface area contributed by atoms with Crippen LogP contribution in [0.15, 0.2) is 22.7 Å². The summed E-state index contributed by atoms with van der Waals surface area (Å²) in [4.78, 5) is 0. The van der Waals surface area contributed by atoms with Crippen molar-refractivity contribution in [2.45, 2.75) is 50.7 Å². The van der Waals surface area contributed by atoms with Crippen molar-refractivity contribution in [1.82, 2.24) is 0 Å². The molecule has 98 valence electrons. The highest BCUT2D eigenvalue weighted by Crippen LogP contribution is 2.44. The Bertz CT molecular complexity index is 458. The molecule has 1 aromatic carbocycles. The Labute approximate surface area is 117 Å². The quantitative estimate of drug-likeness (QED) is 0.889. The molecule has 1 fully saturated rings. The summed E-state index contributed by atoms with van der Waals surface area (Å²) < 4.78 is 7.32. The zero-order valence-corrected chi connectivity index (χ0v) is 12.4. The topological polar surface area (TPSA) is 35.2 Å². The van der Waals surface area contributed by atoms with Crippen molar-refractivity contribution in [3.8, 4) is 5.75 Å². The van der Waals surface area contributed by atoms with Gasteiger partial charge in [0.1, 0.15) is 11.4 Å². The summed E-state index contributed by atoms with van der Waals surface area (Å²) >= 11 is 3.50. The zero-order valence-electron chi connectivity index (χ0n) is 10.8. The van der Waals surface area contributed by atoms with Gasteiger partial charge < -0.3 is 10.5 Å². The smallest absolute Gasteiger partial charge is 0.126 e. The van der Waals surface area contributed by atoms with E-state index in [0.717, 1.165) is 34.5 Å². The third-order valence-corrected chi connectivity index (χ3v) is 4.82. The highest BCUT2D eigenvalue weighted by atomic mass is 79.9. The van der Waals surface area contributed by atoms with Crippen LogP contribution in [0.5, 0.6) is 5.75 Å². The Morgan fingerprint density at radius 1 is 1.44 bits per heavy atom. The van der Waals surface area contributed by atoms with Crippen molar-refractivity contribution in [2.24, 2.45) is 11.7 Å². The molecule has 0 spiro atoms. The van der Waals surface area contributed by atoms with Gasteiger partial charge in [-0.2, -0.15) is 0 Å². The average molecular weight is 310 g/mol. The third-order valence-electron chi connectivity index (χ3n) is 4.33. The standard InChI is InChI=1S/C15H20BrNO/c1-15(8-10-3-2-4-10)9-13(17)12-6-5-11(16)7-14(12)18-15/h5-7,10,13H,2-4,8-9,17H2,1H3/t13-,15?/m1/s1. The Balaban J connectivity index is 1.84. The van der Waals surface area contributed by atoms with E-state index in [9.17, 15) is 0 Å². The van der Waals surface area contributed by atoms with Gasteiger partial charge in [0.2, 0.25) is 0 Å². The van der Waals surface area contributed by atoms with Crippen LogP contribution < -0.4 is 10.5 Å². The van der Waals surface area contributed by atoms with Gasteiger partial charge in [0, 0.05) is 22.5 Å². The predicted octanol–water partition coefficient (Wildman–Crippen LogP) is 4.18. The predicted molar refractivity (Wildman–Crippen MR) is 76.7 cm³/mol. The molecule has 1 heterocycles. The first-order chi connectivity index (χ1) is 8.56. The summed E-state index contributed by atoms with van der Waals surface area (Å²) in [6, 6.07) is 6.27. The Morgan fingerprint density at radius 2 is 2.22 bits per heavy atom. The minimum atomic E-state index is -0.0850. The van der Waals surface area contributed by atoms with Gasteiger partial charge in [0.15, 0.2) is 0 Å². The number of hydrogen-bond donors (Lipinski definition) is 1. The minimum absolute atomic E-state index is 0.0850. The van der Waals surface area contributed by atoms with Crippen molar-refractivity contribution in [1.29, 1.82) is 0 Å². The van der Waals surface area contributed by atoms with Gasteiger partial charge in [-0.25, -0.2) is 0 Å². The number of fused-ring (bicyclic) bond motifs is 1. The zero-order chi connectivity index (χ0) is 12.8. The lowest BCUT2D eigenvalue weighted by atomic mass is 9.74. The van der Waals surface area contributed by atoms with E-state index in [1.807, 2.05) is 12.1 Å². The van der Waals surface area contributed by atoms with Crippen LogP contribution in [0.4, 0.5) is 0 Å². The van der Waals surface area contributed by atoms with Crippen molar-refractivity contribution < 1.29 is 4.74 Å². The van der Waals surface area contributed by atoms with Gasteiger partial charge in [-0.05, 0) is 31.4 Å². The fourth-order valence-corrected chi connectivity index (χ4v) is 3.56. The summed E-state index contributed by atoms with van der Waals surface area (Å²) in [5, 5.41) is 0. The van der Waals surface area contributed by atoms with E-state index in [1.165, 1.54) is 19.3 Å². The third kappa shape index (κ3) is 2.30. The molecule has 0 radical (unpaired) electrons. The maximum atomic E-state index is 6.31. The van der Waals surface area contributed by atoms with Crippen LogP contribution in [-0.4, -0.2) is 5.60 Å². The SMILES string of the molecule is CC1(CC2CCC2)C[C@@H](N)c2ccc(Br)cc2O1. The van der Waals surface area contributed by atoms with E-state index >= 15 is 0 Å². The molecule has 1 unspecified atom stereocenters. The second-order valence-electron chi connectivity index (χ2n) is 6.05. The molecule has 0 bridgehead atoms.